The average molecular weight is 222 g/mol. The van der Waals surface area contributed by atoms with Crippen LogP contribution in [-0.4, -0.2) is 42.3 Å². The van der Waals surface area contributed by atoms with Gasteiger partial charge in [0.15, 0.2) is 0 Å². The van der Waals surface area contributed by atoms with Crippen molar-refractivity contribution < 1.29 is 9.59 Å². The Morgan fingerprint density at radius 1 is 1.44 bits per heavy atom. The molecule has 1 aromatic rings. The molecule has 1 rings (SSSR count). The number of carbonyl (C=O) groups is 2. The van der Waals surface area contributed by atoms with E-state index in [2.05, 4.69) is 10.3 Å². The largest absolute Gasteiger partial charge is 0.366 e. The lowest BCUT2D eigenvalue weighted by Crippen LogP contribution is -2.28. The van der Waals surface area contributed by atoms with Crippen molar-refractivity contribution in [1.29, 1.82) is 0 Å². The van der Waals surface area contributed by atoms with Crippen LogP contribution in [0.25, 0.3) is 0 Å². The molecule has 86 valence electrons. The highest BCUT2D eigenvalue weighted by molar-refractivity contribution is 5.92. The molecule has 0 bridgehead atoms. The van der Waals surface area contributed by atoms with Gasteiger partial charge in [0.2, 0.25) is 11.8 Å². The fourth-order valence-electron chi connectivity index (χ4n) is 0.968. The van der Waals surface area contributed by atoms with Gasteiger partial charge in [0, 0.05) is 20.3 Å². The van der Waals surface area contributed by atoms with Crippen molar-refractivity contribution >= 4 is 17.6 Å². The minimum atomic E-state index is -0.525. The van der Waals surface area contributed by atoms with Crippen molar-refractivity contribution in [3.8, 4) is 0 Å². The minimum absolute atomic E-state index is 0.0548. The van der Waals surface area contributed by atoms with Gasteiger partial charge in [-0.2, -0.15) is 0 Å². The first-order chi connectivity index (χ1) is 7.50. The zero-order chi connectivity index (χ0) is 12.1. The maximum absolute atomic E-state index is 11.3. The number of amides is 2. The van der Waals surface area contributed by atoms with E-state index in [-0.39, 0.29) is 12.5 Å². The maximum Gasteiger partial charge on any atom is 0.250 e. The SMILES string of the molecule is CN(C)C(=O)CNc1ccc(C(N)=O)cn1. The number of nitrogens with zero attached hydrogens (tertiary/aromatic N) is 2. The van der Waals surface area contributed by atoms with Crippen molar-refractivity contribution in [3.63, 3.8) is 0 Å². The lowest BCUT2D eigenvalue weighted by Gasteiger charge is -2.11. The molecule has 1 aromatic heterocycles. The van der Waals surface area contributed by atoms with E-state index in [4.69, 9.17) is 5.73 Å². The third kappa shape index (κ3) is 3.23. The van der Waals surface area contributed by atoms with Gasteiger partial charge in [-0.1, -0.05) is 0 Å². The number of carbonyl (C=O) groups excluding carboxylic acids is 2. The molecule has 0 aliphatic rings. The molecule has 16 heavy (non-hydrogen) atoms. The van der Waals surface area contributed by atoms with Crippen molar-refractivity contribution in [2.45, 2.75) is 0 Å². The van der Waals surface area contributed by atoms with Crippen molar-refractivity contribution in [3.05, 3.63) is 23.9 Å². The fraction of sp³-hybridized carbons (Fsp3) is 0.300. The second kappa shape index (κ2) is 5.11. The summed E-state index contributed by atoms with van der Waals surface area (Å²) in [7, 11) is 3.35. The second-order valence-electron chi connectivity index (χ2n) is 3.44. The van der Waals surface area contributed by atoms with Gasteiger partial charge in [-0.25, -0.2) is 4.98 Å². The van der Waals surface area contributed by atoms with Gasteiger partial charge >= 0.3 is 0 Å². The minimum Gasteiger partial charge on any atom is -0.366 e. The Bertz CT molecular complexity index is 386. The molecule has 6 heteroatoms. The normalized spacial score (nSPS) is 9.62. The molecule has 0 spiro atoms. The van der Waals surface area contributed by atoms with E-state index in [1.807, 2.05) is 0 Å². The summed E-state index contributed by atoms with van der Waals surface area (Å²) in [5, 5.41) is 2.84. The quantitative estimate of drug-likeness (QED) is 0.730. The lowest BCUT2D eigenvalue weighted by molar-refractivity contribution is -0.126. The van der Waals surface area contributed by atoms with Gasteiger partial charge in [-0.15, -0.1) is 0 Å². The van der Waals surface area contributed by atoms with Gasteiger partial charge in [0.05, 0.1) is 12.1 Å². The Labute approximate surface area is 93.4 Å². The lowest BCUT2D eigenvalue weighted by atomic mass is 10.3. The van der Waals surface area contributed by atoms with Crippen molar-refractivity contribution in [2.24, 2.45) is 5.73 Å². The molecule has 0 saturated heterocycles. The van der Waals surface area contributed by atoms with Crippen LogP contribution in [0.4, 0.5) is 5.82 Å². The van der Waals surface area contributed by atoms with Crippen LogP contribution in [0.2, 0.25) is 0 Å². The van der Waals surface area contributed by atoms with Crippen LogP contribution in [0.5, 0.6) is 0 Å². The predicted molar refractivity (Wildman–Crippen MR) is 59.9 cm³/mol. The molecule has 0 radical (unpaired) electrons. The molecule has 0 saturated carbocycles. The summed E-state index contributed by atoms with van der Waals surface area (Å²) in [6.07, 6.45) is 1.37. The molecule has 6 nitrogen and oxygen atoms in total. The van der Waals surface area contributed by atoms with Gasteiger partial charge in [-0.05, 0) is 12.1 Å². The van der Waals surface area contributed by atoms with Crippen molar-refractivity contribution in [1.82, 2.24) is 9.88 Å². The Morgan fingerprint density at radius 3 is 2.56 bits per heavy atom. The van der Waals surface area contributed by atoms with Gasteiger partial charge in [0.1, 0.15) is 5.82 Å². The third-order valence-corrected chi connectivity index (χ3v) is 1.97. The van der Waals surface area contributed by atoms with E-state index in [0.29, 0.717) is 11.4 Å². The van der Waals surface area contributed by atoms with Crippen LogP contribution < -0.4 is 11.1 Å². The smallest absolute Gasteiger partial charge is 0.250 e. The van der Waals surface area contributed by atoms with E-state index in [1.165, 1.54) is 11.1 Å². The van der Waals surface area contributed by atoms with E-state index in [0.717, 1.165) is 0 Å². The van der Waals surface area contributed by atoms with Crippen molar-refractivity contribution in [2.75, 3.05) is 26.0 Å². The number of pyridine rings is 1. The number of rotatable bonds is 4. The fourth-order valence-corrected chi connectivity index (χ4v) is 0.968. The molecule has 0 aliphatic carbocycles. The van der Waals surface area contributed by atoms with Crippen LogP contribution in [0.1, 0.15) is 10.4 Å². The first-order valence-electron chi connectivity index (χ1n) is 4.70. The Balaban J connectivity index is 2.56. The van der Waals surface area contributed by atoms with Gasteiger partial charge in [-0.3, -0.25) is 9.59 Å². The number of hydrogen-bond acceptors (Lipinski definition) is 4. The first-order valence-corrected chi connectivity index (χ1v) is 4.70. The second-order valence-corrected chi connectivity index (χ2v) is 3.44. The van der Waals surface area contributed by atoms with Crippen LogP contribution in [0.3, 0.4) is 0 Å². The van der Waals surface area contributed by atoms with Crippen LogP contribution in [-0.2, 0) is 4.79 Å². The average Bonchev–Trinajstić information content (AvgIpc) is 2.26. The van der Waals surface area contributed by atoms with E-state index in [9.17, 15) is 9.59 Å². The standard InChI is InChI=1S/C10H14N4O2/c1-14(2)9(15)6-13-8-4-3-7(5-12-8)10(11)16/h3-5H,6H2,1-2H3,(H2,11,16)(H,12,13). The van der Waals surface area contributed by atoms with Crippen LogP contribution in [0.15, 0.2) is 18.3 Å². The first kappa shape index (κ1) is 12.0. The molecule has 3 N–H and O–H groups in total. The summed E-state index contributed by atoms with van der Waals surface area (Å²) in [4.78, 5) is 27.4. The summed E-state index contributed by atoms with van der Waals surface area (Å²) in [6, 6.07) is 3.15. The summed E-state index contributed by atoms with van der Waals surface area (Å²) >= 11 is 0. The molecule has 0 aliphatic heterocycles. The number of anilines is 1. The monoisotopic (exact) mass is 222 g/mol. The number of likely N-dealkylation sites (N-methyl/N-ethyl adjacent to an activating group) is 1. The van der Waals surface area contributed by atoms with E-state index < -0.39 is 5.91 Å². The predicted octanol–water partition coefficient (Wildman–Crippen LogP) is -0.319. The molecule has 0 aromatic carbocycles. The summed E-state index contributed by atoms with van der Waals surface area (Å²) < 4.78 is 0. The molecule has 0 fully saturated rings. The highest BCUT2D eigenvalue weighted by atomic mass is 16.2. The number of primary amides is 1. The maximum atomic E-state index is 11.3. The molecule has 1 heterocycles. The topological polar surface area (TPSA) is 88.3 Å². The zero-order valence-electron chi connectivity index (χ0n) is 9.23. The number of nitrogens with one attached hydrogen (secondary N) is 1. The number of nitrogens with two attached hydrogens (primary N) is 1. The molecular formula is C10H14N4O2. The Morgan fingerprint density at radius 2 is 2.12 bits per heavy atom. The number of aromatic nitrogens is 1. The summed E-state index contributed by atoms with van der Waals surface area (Å²) in [5.41, 5.74) is 5.40. The highest BCUT2D eigenvalue weighted by Crippen LogP contribution is 2.03. The third-order valence-electron chi connectivity index (χ3n) is 1.97. The van der Waals surface area contributed by atoms with Gasteiger partial charge < -0.3 is 16.0 Å². The Hall–Kier alpha value is -2.11. The van der Waals surface area contributed by atoms with Gasteiger partial charge in [0.25, 0.3) is 0 Å². The summed E-state index contributed by atoms with van der Waals surface area (Å²) in [6.45, 7) is 0.163. The van der Waals surface area contributed by atoms with E-state index in [1.54, 1.807) is 26.2 Å². The number of hydrogen-bond donors (Lipinski definition) is 2. The molecule has 0 atom stereocenters. The van der Waals surface area contributed by atoms with Crippen LogP contribution >= 0.6 is 0 Å². The molecular weight excluding hydrogens is 208 g/mol. The molecule has 0 unspecified atom stereocenters. The van der Waals surface area contributed by atoms with E-state index >= 15 is 0 Å². The van der Waals surface area contributed by atoms with Crippen LogP contribution in [0, 0.1) is 0 Å². The molecule has 2 amide bonds. The zero-order valence-corrected chi connectivity index (χ0v) is 9.23. The Kier molecular flexibility index (Phi) is 3.82. The highest BCUT2D eigenvalue weighted by Gasteiger charge is 2.04. The summed E-state index contributed by atoms with van der Waals surface area (Å²) in [5.74, 6) is -0.0515.